The molecule has 27 heavy (non-hydrogen) atoms. The van der Waals surface area contributed by atoms with Crippen molar-refractivity contribution in [3.8, 4) is 11.5 Å². The molecule has 7 heteroatoms. The van der Waals surface area contributed by atoms with Crippen molar-refractivity contribution in [1.29, 1.82) is 0 Å². The molecule has 3 N–H and O–H groups in total. The van der Waals surface area contributed by atoms with Gasteiger partial charge in [-0.2, -0.15) is 0 Å². The Morgan fingerprint density at radius 2 is 1.78 bits per heavy atom. The number of fused-ring (bicyclic) bond motifs is 1. The van der Waals surface area contributed by atoms with Gasteiger partial charge in [0.05, 0.1) is 13.2 Å². The van der Waals surface area contributed by atoms with Crippen molar-refractivity contribution in [3.05, 3.63) is 48.0 Å². The predicted molar refractivity (Wildman–Crippen MR) is 122 cm³/mol. The second kappa shape index (κ2) is 10.2. The maximum absolute atomic E-state index is 6.00. The van der Waals surface area contributed by atoms with Crippen LogP contribution in [-0.4, -0.2) is 39.8 Å². The molecule has 3 rings (SSSR count). The van der Waals surface area contributed by atoms with E-state index < -0.39 is 0 Å². The van der Waals surface area contributed by atoms with Crippen LogP contribution < -0.4 is 25.4 Å². The van der Waals surface area contributed by atoms with Crippen molar-refractivity contribution in [1.82, 2.24) is 0 Å². The Balaban J connectivity index is 0.00000261. The summed E-state index contributed by atoms with van der Waals surface area (Å²) in [6, 6.07) is 14.2. The summed E-state index contributed by atoms with van der Waals surface area (Å²) in [6.07, 6.45) is 1.73. The highest BCUT2D eigenvalue weighted by molar-refractivity contribution is 14.0. The van der Waals surface area contributed by atoms with Gasteiger partial charge in [-0.3, -0.25) is 4.99 Å². The Bertz CT molecular complexity index is 763. The highest BCUT2D eigenvalue weighted by Crippen LogP contribution is 2.32. The smallest absolute Gasteiger partial charge is 0.193 e. The molecule has 0 radical (unpaired) electrons. The van der Waals surface area contributed by atoms with Gasteiger partial charge in [0.25, 0.3) is 0 Å². The lowest BCUT2D eigenvalue weighted by molar-refractivity contribution is 0.297. The third kappa shape index (κ3) is 6.20. The summed E-state index contributed by atoms with van der Waals surface area (Å²) in [7, 11) is 4.07. The molecular weight excluding hydrogens is 455 g/mol. The lowest BCUT2D eigenvalue weighted by Crippen LogP contribution is -2.23. The molecule has 0 bridgehead atoms. The standard InChI is InChI=1S/C20H26N4O2.HI/c1-24(2)17-7-4-15(5-8-17)10-11-22-20(21)23-16-6-9-18-19(14-16)26-13-3-12-25-18;/h4-9,14H,3,10-13H2,1-2H3,(H3,21,22,23);1H. The summed E-state index contributed by atoms with van der Waals surface area (Å²) in [4.78, 5) is 6.49. The third-order valence-corrected chi connectivity index (χ3v) is 4.16. The highest BCUT2D eigenvalue weighted by atomic mass is 127. The summed E-state index contributed by atoms with van der Waals surface area (Å²) in [5, 5.41) is 3.11. The van der Waals surface area contributed by atoms with Crippen LogP contribution in [0.3, 0.4) is 0 Å². The molecule has 1 heterocycles. The number of hydrogen-bond donors (Lipinski definition) is 2. The van der Waals surface area contributed by atoms with Crippen molar-refractivity contribution >= 4 is 41.3 Å². The van der Waals surface area contributed by atoms with Crippen molar-refractivity contribution < 1.29 is 9.47 Å². The molecule has 2 aromatic rings. The molecule has 146 valence electrons. The number of anilines is 2. The molecule has 6 nitrogen and oxygen atoms in total. The number of aliphatic imine (C=N–C) groups is 1. The zero-order valence-corrected chi connectivity index (χ0v) is 18.1. The van der Waals surface area contributed by atoms with E-state index in [2.05, 4.69) is 39.5 Å². The van der Waals surface area contributed by atoms with Crippen molar-refractivity contribution in [2.24, 2.45) is 10.7 Å². The van der Waals surface area contributed by atoms with Crippen LogP contribution in [0.15, 0.2) is 47.5 Å². The van der Waals surface area contributed by atoms with E-state index in [9.17, 15) is 0 Å². The van der Waals surface area contributed by atoms with Crippen LogP contribution >= 0.6 is 24.0 Å². The number of nitrogens with two attached hydrogens (primary N) is 1. The fourth-order valence-corrected chi connectivity index (χ4v) is 2.69. The second-order valence-electron chi connectivity index (χ2n) is 6.41. The van der Waals surface area contributed by atoms with E-state index in [1.165, 1.54) is 11.3 Å². The minimum absolute atomic E-state index is 0. The van der Waals surface area contributed by atoms with Gasteiger partial charge in [0, 0.05) is 44.5 Å². The first kappa shape index (κ1) is 21.1. The summed E-state index contributed by atoms with van der Waals surface area (Å²) >= 11 is 0. The minimum atomic E-state index is 0. The summed E-state index contributed by atoms with van der Waals surface area (Å²) in [6.45, 7) is 1.97. The molecule has 0 aromatic heterocycles. The van der Waals surface area contributed by atoms with E-state index in [0.717, 1.165) is 30.0 Å². The summed E-state index contributed by atoms with van der Waals surface area (Å²) in [5.74, 6) is 1.90. The average molecular weight is 482 g/mol. The molecule has 0 atom stereocenters. The summed E-state index contributed by atoms with van der Waals surface area (Å²) in [5.41, 5.74) is 9.27. The fraction of sp³-hybridized carbons (Fsp3) is 0.350. The molecule has 0 saturated carbocycles. The molecule has 0 saturated heterocycles. The number of halogens is 1. The maximum Gasteiger partial charge on any atom is 0.193 e. The van der Waals surface area contributed by atoms with Crippen molar-refractivity contribution in [2.45, 2.75) is 12.8 Å². The molecule has 0 fully saturated rings. The number of guanidine groups is 1. The van der Waals surface area contributed by atoms with Crippen LogP contribution in [0.1, 0.15) is 12.0 Å². The maximum atomic E-state index is 6.00. The molecule has 2 aromatic carbocycles. The molecule has 0 spiro atoms. The summed E-state index contributed by atoms with van der Waals surface area (Å²) < 4.78 is 11.3. The monoisotopic (exact) mass is 482 g/mol. The van der Waals surface area contributed by atoms with E-state index in [1.54, 1.807) is 0 Å². The van der Waals surface area contributed by atoms with Gasteiger partial charge in [-0.1, -0.05) is 12.1 Å². The van der Waals surface area contributed by atoms with Gasteiger partial charge in [0.15, 0.2) is 17.5 Å². The lowest BCUT2D eigenvalue weighted by Gasteiger charge is -2.12. The Labute approximate surface area is 177 Å². The van der Waals surface area contributed by atoms with Gasteiger partial charge in [0.2, 0.25) is 0 Å². The van der Waals surface area contributed by atoms with Gasteiger partial charge in [-0.05, 0) is 36.2 Å². The minimum Gasteiger partial charge on any atom is -0.490 e. The lowest BCUT2D eigenvalue weighted by atomic mass is 10.1. The van der Waals surface area contributed by atoms with Gasteiger partial charge in [-0.15, -0.1) is 24.0 Å². The largest absolute Gasteiger partial charge is 0.490 e. The highest BCUT2D eigenvalue weighted by Gasteiger charge is 2.10. The van der Waals surface area contributed by atoms with E-state index in [4.69, 9.17) is 15.2 Å². The number of nitrogens with zero attached hydrogens (tertiary/aromatic N) is 2. The quantitative estimate of drug-likeness (QED) is 0.388. The van der Waals surface area contributed by atoms with Gasteiger partial charge < -0.3 is 25.4 Å². The Hall–Kier alpha value is -2.16. The molecule has 0 unspecified atom stereocenters. The van der Waals surface area contributed by atoms with E-state index in [1.807, 2.05) is 32.3 Å². The first-order chi connectivity index (χ1) is 12.6. The molecular formula is C20H27IN4O2. The zero-order chi connectivity index (χ0) is 18.4. The number of benzene rings is 2. The number of rotatable bonds is 5. The molecule has 1 aliphatic rings. The number of nitrogens with one attached hydrogen (secondary N) is 1. The first-order valence-corrected chi connectivity index (χ1v) is 8.85. The molecule has 1 aliphatic heterocycles. The topological polar surface area (TPSA) is 72.1 Å². The normalized spacial score (nSPS) is 13.3. The first-order valence-electron chi connectivity index (χ1n) is 8.85. The Morgan fingerprint density at radius 3 is 2.48 bits per heavy atom. The Kier molecular flexibility index (Phi) is 8.02. The molecule has 0 aliphatic carbocycles. The third-order valence-electron chi connectivity index (χ3n) is 4.16. The van der Waals surface area contributed by atoms with Gasteiger partial charge in [0.1, 0.15) is 0 Å². The van der Waals surface area contributed by atoms with E-state index >= 15 is 0 Å². The van der Waals surface area contributed by atoms with Gasteiger partial charge >= 0.3 is 0 Å². The van der Waals surface area contributed by atoms with Crippen molar-refractivity contribution in [3.63, 3.8) is 0 Å². The van der Waals surface area contributed by atoms with E-state index in [-0.39, 0.29) is 24.0 Å². The second-order valence-corrected chi connectivity index (χ2v) is 6.41. The van der Waals surface area contributed by atoms with Crippen molar-refractivity contribution in [2.75, 3.05) is 44.1 Å². The SMILES string of the molecule is CN(C)c1ccc(CCN=C(N)Nc2ccc3c(c2)OCCCO3)cc1.I. The molecule has 0 amide bonds. The Morgan fingerprint density at radius 1 is 1.07 bits per heavy atom. The van der Waals surface area contributed by atoms with E-state index in [0.29, 0.717) is 25.7 Å². The van der Waals surface area contributed by atoms with Crippen LogP contribution in [0.4, 0.5) is 11.4 Å². The van der Waals surface area contributed by atoms with Crippen LogP contribution in [0.2, 0.25) is 0 Å². The van der Waals surface area contributed by atoms with Crippen LogP contribution in [0, 0.1) is 0 Å². The zero-order valence-electron chi connectivity index (χ0n) is 15.8. The number of hydrogen-bond acceptors (Lipinski definition) is 4. The fourth-order valence-electron chi connectivity index (χ4n) is 2.69. The van der Waals surface area contributed by atoms with Crippen LogP contribution in [0.25, 0.3) is 0 Å². The average Bonchev–Trinajstić information content (AvgIpc) is 2.87. The van der Waals surface area contributed by atoms with Crippen LogP contribution in [-0.2, 0) is 6.42 Å². The number of ether oxygens (including phenoxy) is 2. The van der Waals surface area contributed by atoms with Gasteiger partial charge in [-0.25, -0.2) is 0 Å². The predicted octanol–water partition coefficient (Wildman–Crippen LogP) is 3.50. The van der Waals surface area contributed by atoms with Crippen LogP contribution in [0.5, 0.6) is 11.5 Å².